The predicted octanol–water partition coefficient (Wildman–Crippen LogP) is 2.99. The van der Waals surface area contributed by atoms with Crippen molar-refractivity contribution in [3.8, 4) is 11.4 Å². The molecule has 3 aliphatic rings. The first kappa shape index (κ1) is 18.7. The van der Waals surface area contributed by atoms with E-state index in [1.165, 1.54) is 6.20 Å². The van der Waals surface area contributed by atoms with Gasteiger partial charge in [0.15, 0.2) is 0 Å². The standard InChI is InChI=1S/C18H20F3N5O2/c1-17(2,3)16(27)26-11-6-12(26)9-25(8-11)13-5-4-10(7-22-13)14-23-15(28-24-14)18(19,20)21/h4-5,7,11-12H,6,8-9H2,1-3H3. The van der Waals surface area contributed by atoms with Crippen LogP contribution in [-0.2, 0) is 11.0 Å². The number of rotatable bonds is 2. The molecule has 2 aromatic rings. The molecule has 0 N–H and O–H groups in total. The van der Waals surface area contributed by atoms with E-state index in [-0.39, 0.29) is 23.8 Å². The number of halogens is 3. The lowest BCUT2D eigenvalue weighted by molar-refractivity contribution is -0.159. The highest BCUT2D eigenvalue weighted by Gasteiger charge is 2.49. The Hall–Kier alpha value is -2.65. The molecule has 0 radical (unpaired) electrons. The van der Waals surface area contributed by atoms with E-state index in [2.05, 4.69) is 24.5 Å². The number of carbonyl (C=O) groups excluding carboxylic acids is 1. The molecule has 0 spiro atoms. The summed E-state index contributed by atoms with van der Waals surface area (Å²) in [7, 11) is 0. The number of anilines is 1. The lowest BCUT2D eigenvalue weighted by atomic mass is 9.83. The molecule has 2 bridgehead atoms. The summed E-state index contributed by atoms with van der Waals surface area (Å²) in [6.45, 7) is 7.13. The highest BCUT2D eigenvalue weighted by molar-refractivity contribution is 5.83. The van der Waals surface area contributed by atoms with E-state index in [4.69, 9.17) is 0 Å². The largest absolute Gasteiger partial charge is 0.471 e. The first-order valence-corrected chi connectivity index (χ1v) is 8.99. The van der Waals surface area contributed by atoms with E-state index < -0.39 is 17.5 Å². The first-order valence-electron chi connectivity index (χ1n) is 8.99. The monoisotopic (exact) mass is 395 g/mol. The van der Waals surface area contributed by atoms with Gasteiger partial charge >= 0.3 is 12.1 Å². The average Bonchev–Trinajstić information content (AvgIpc) is 3.11. The van der Waals surface area contributed by atoms with Gasteiger partial charge in [0.05, 0.1) is 12.1 Å². The molecule has 1 amide bonds. The van der Waals surface area contributed by atoms with Crippen LogP contribution in [0.3, 0.4) is 0 Å². The van der Waals surface area contributed by atoms with E-state index in [0.717, 1.165) is 6.42 Å². The van der Waals surface area contributed by atoms with Gasteiger partial charge in [-0.2, -0.15) is 18.2 Å². The fourth-order valence-corrected chi connectivity index (χ4v) is 3.68. The molecule has 150 valence electrons. The average molecular weight is 395 g/mol. The Balaban J connectivity index is 1.45. The highest BCUT2D eigenvalue weighted by Crippen LogP contribution is 2.37. The van der Waals surface area contributed by atoms with Gasteiger partial charge in [0.25, 0.3) is 0 Å². The van der Waals surface area contributed by atoms with Gasteiger partial charge < -0.3 is 14.3 Å². The number of pyridine rings is 1. The second kappa shape index (κ2) is 6.18. The SMILES string of the molecule is CC(C)(C)C(=O)N1C2CC1CN(c1ccc(-c3noc(C(F)(F)F)n3)cn1)C2. The minimum absolute atomic E-state index is 0.158. The first-order chi connectivity index (χ1) is 13.0. The van der Waals surface area contributed by atoms with Gasteiger partial charge in [-0.1, -0.05) is 25.9 Å². The molecule has 5 heterocycles. The lowest BCUT2D eigenvalue weighted by Crippen LogP contribution is -2.71. The van der Waals surface area contributed by atoms with E-state index >= 15 is 0 Å². The number of carbonyl (C=O) groups is 1. The number of hydrogen-bond donors (Lipinski definition) is 0. The summed E-state index contributed by atoms with van der Waals surface area (Å²) >= 11 is 0. The Morgan fingerprint density at radius 1 is 1.18 bits per heavy atom. The molecule has 0 aromatic carbocycles. The Kier molecular flexibility index (Phi) is 4.13. The quantitative estimate of drug-likeness (QED) is 0.778. The molecular weight excluding hydrogens is 375 g/mol. The van der Waals surface area contributed by atoms with Crippen LogP contribution >= 0.6 is 0 Å². The Bertz CT molecular complexity index is 876. The molecule has 3 fully saturated rings. The molecule has 2 atom stereocenters. The molecular formula is C18H20F3N5O2. The Labute approximate surface area is 159 Å². The zero-order chi connectivity index (χ0) is 20.3. The van der Waals surface area contributed by atoms with Crippen LogP contribution in [0.4, 0.5) is 19.0 Å². The van der Waals surface area contributed by atoms with Crippen LogP contribution in [0.25, 0.3) is 11.4 Å². The molecule has 7 nitrogen and oxygen atoms in total. The van der Waals surface area contributed by atoms with E-state index in [1.807, 2.05) is 25.7 Å². The molecule has 28 heavy (non-hydrogen) atoms. The zero-order valence-corrected chi connectivity index (χ0v) is 15.7. The number of hydrogen-bond acceptors (Lipinski definition) is 6. The normalized spacial score (nSPS) is 22.2. The zero-order valence-electron chi connectivity index (χ0n) is 15.7. The van der Waals surface area contributed by atoms with Crippen molar-refractivity contribution in [2.24, 2.45) is 5.41 Å². The number of fused-ring (bicyclic) bond motifs is 2. The summed E-state index contributed by atoms with van der Waals surface area (Å²) in [5.41, 5.74) is -0.0616. The third kappa shape index (κ3) is 3.20. The van der Waals surface area contributed by atoms with Crippen LogP contribution in [0, 0.1) is 5.41 Å². The molecule has 0 saturated carbocycles. The lowest BCUT2D eigenvalue weighted by Gasteiger charge is -2.57. The Morgan fingerprint density at radius 3 is 2.36 bits per heavy atom. The fourth-order valence-electron chi connectivity index (χ4n) is 3.68. The summed E-state index contributed by atoms with van der Waals surface area (Å²) in [6, 6.07) is 3.67. The second-order valence-electron chi connectivity index (χ2n) is 8.24. The van der Waals surface area contributed by atoms with Crippen LogP contribution in [0.5, 0.6) is 0 Å². The maximum Gasteiger partial charge on any atom is 0.471 e. The van der Waals surface area contributed by atoms with Crippen LogP contribution in [0.1, 0.15) is 33.1 Å². The van der Waals surface area contributed by atoms with Crippen LogP contribution in [0.2, 0.25) is 0 Å². The number of piperazine rings is 1. The summed E-state index contributed by atoms with van der Waals surface area (Å²) in [6.07, 6.45) is -2.26. The number of nitrogens with zero attached hydrogens (tertiary/aromatic N) is 5. The maximum atomic E-state index is 12.6. The van der Waals surface area contributed by atoms with Gasteiger partial charge in [0, 0.05) is 30.3 Å². The van der Waals surface area contributed by atoms with Crippen LogP contribution in [0.15, 0.2) is 22.9 Å². The van der Waals surface area contributed by atoms with Gasteiger partial charge in [-0.15, -0.1) is 0 Å². The summed E-state index contributed by atoms with van der Waals surface area (Å²) in [5.74, 6) is -0.670. The van der Waals surface area contributed by atoms with Gasteiger partial charge in [-0.25, -0.2) is 4.98 Å². The molecule has 5 rings (SSSR count). The van der Waals surface area contributed by atoms with Crippen molar-refractivity contribution >= 4 is 11.7 Å². The van der Waals surface area contributed by atoms with Gasteiger partial charge in [-0.3, -0.25) is 4.79 Å². The van der Waals surface area contributed by atoms with Crippen LogP contribution in [-0.4, -0.2) is 51.1 Å². The van der Waals surface area contributed by atoms with Gasteiger partial charge in [0.2, 0.25) is 11.7 Å². The molecule has 10 heteroatoms. The smallest absolute Gasteiger partial charge is 0.352 e. The summed E-state index contributed by atoms with van der Waals surface area (Å²) in [4.78, 5) is 24.3. The van der Waals surface area contributed by atoms with E-state index in [9.17, 15) is 18.0 Å². The number of amides is 1. The third-order valence-corrected chi connectivity index (χ3v) is 5.07. The second-order valence-corrected chi connectivity index (χ2v) is 8.24. The van der Waals surface area contributed by atoms with Crippen molar-refractivity contribution in [1.29, 1.82) is 0 Å². The molecule has 3 aliphatic heterocycles. The maximum absolute atomic E-state index is 12.6. The van der Waals surface area contributed by atoms with Crippen molar-refractivity contribution < 1.29 is 22.5 Å². The summed E-state index contributed by atoms with van der Waals surface area (Å²) in [5, 5.41) is 3.36. The topological polar surface area (TPSA) is 75.4 Å². The molecule has 2 unspecified atom stereocenters. The molecule has 2 aromatic heterocycles. The minimum atomic E-state index is -4.68. The van der Waals surface area contributed by atoms with Crippen molar-refractivity contribution in [2.75, 3.05) is 18.0 Å². The van der Waals surface area contributed by atoms with Crippen LogP contribution < -0.4 is 4.90 Å². The number of alkyl halides is 3. The van der Waals surface area contributed by atoms with E-state index in [0.29, 0.717) is 24.5 Å². The van der Waals surface area contributed by atoms with Crippen molar-refractivity contribution in [3.05, 3.63) is 24.2 Å². The number of piperidine rings is 1. The predicted molar refractivity (Wildman–Crippen MR) is 93.2 cm³/mol. The molecule has 3 saturated heterocycles. The van der Waals surface area contributed by atoms with E-state index in [1.54, 1.807) is 12.1 Å². The van der Waals surface area contributed by atoms with Crippen molar-refractivity contribution in [2.45, 2.75) is 45.5 Å². The number of aromatic nitrogens is 3. The molecule has 0 aliphatic carbocycles. The Morgan fingerprint density at radius 2 is 1.86 bits per heavy atom. The highest BCUT2D eigenvalue weighted by atomic mass is 19.4. The fraction of sp³-hybridized carbons (Fsp3) is 0.556. The van der Waals surface area contributed by atoms with Gasteiger partial charge in [0.1, 0.15) is 5.82 Å². The van der Waals surface area contributed by atoms with Crippen molar-refractivity contribution in [1.82, 2.24) is 20.0 Å². The summed E-state index contributed by atoms with van der Waals surface area (Å²) < 4.78 is 42.0. The third-order valence-electron chi connectivity index (χ3n) is 5.07. The van der Waals surface area contributed by atoms with Gasteiger partial charge in [-0.05, 0) is 18.6 Å². The minimum Gasteiger partial charge on any atom is -0.352 e. The van der Waals surface area contributed by atoms with Crippen molar-refractivity contribution in [3.63, 3.8) is 0 Å².